The summed E-state index contributed by atoms with van der Waals surface area (Å²) in [7, 11) is -2.15. The van der Waals surface area contributed by atoms with Crippen molar-refractivity contribution in [2.75, 3.05) is 11.5 Å². The Bertz CT molecular complexity index is 1030. The first-order chi connectivity index (χ1) is 11.0. The Balaban J connectivity index is 1.87. The van der Waals surface area contributed by atoms with E-state index < -0.39 is 15.5 Å². The third kappa shape index (κ3) is 2.57. The smallest absolute Gasteiger partial charge is 0.224 e. The maximum Gasteiger partial charge on any atom is 0.224 e. The summed E-state index contributed by atoms with van der Waals surface area (Å²) in [5.41, 5.74) is 0.319. The highest BCUT2D eigenvalue weighted by atomic mass is 35.5. The van der Waals surface area contributed by atoms with E-state index >= 15 is 0 Å². The van der Waals surface area contributed by atoms with Crippen LogP contribution in [0.5, 0.6) is 0 Å². The van der Waals surface area contributed by atoms with Gasteiger partial charge in [0.25, 0.3) is 0 Å². The maximum absolute atomic E-state index is 14.0. The van der Waals surface area contributed by atoms with Crippen LogP contribution < -0.4 is 0 Å². The number of pyridine rings is 1. The van der Waals surface area contributed by atoms with Crippen molar-refractivity contribution in [3.63, 3.8) is 0 Å². The summed E-state index contributed by atoms with van der Waals surface area (Å²) >= 11 is 5.80. The van der Waals surface area contributed by atoms with Crippen LogP contribution in [0.2, 0.25) is 5.28 Å². The van der Waals surface area contributed by atoms with Gasteiger partial charge in [-0.05, 0) is 30.2 Å². The topological polar surface area (TPSA) is 73.0 Å². The highest BCUT2D eigenvalue weighted by Crippen LogP contribution is 2.24. The summed E-state index contributed by atoms with van der Waals surface area (Å²) in [4.78, 5) is 12.2. The normalized spacial score (nSPS) is 16.3. The van der Waals surface area contributed by atoms with Crippen LogP contribution in [-0.2, 0) is 9.73 Å². The van der Waals surface area contributed by atoms with Crippen LogP contribution in [0.1, 0.15) is 6.42 Å². The molecule has 9 heteroatoms. The minimum Gasteiger partial charge on any atom is -0.282 e. The number of hydrogen-bond donors (Lipinski definition) is 0. The number of halogens is 2. The highest BCUT2D eigenvalue weighted by Gasteiger charge is 2.20. The summed E-state index contributed by atoms with van der Waals surface area (Å²) in [6, 6.07) is 5.11. The Hall–Kier alpha value is -2.06. The van der Waals surface area contributed by atoms with Gasteiger partial charge < -0.3 is 0 Å². The average Bonchev–Trinajstić information content (AvgIpc) is 2.82. The summed E-state index contributed by atoms with van der Waals surface area (Å²) in [6.07, 6.45) is 3.52. The minimum atomic E-state index is -2.15. The number of hydrogen-bond acceptors (Lipinski definition) is 5. The van der Waals surface area contributed by atoms with E-state index in [1.165, 1.54) is 17.0 Å². The molecule has 0 radical (unpaired) electrons. The third-order valence-electron chi connectivity index (χ3n) is 3.62. The molecule has 0 aliphatic carbocycles. The molecule has 0 amide bonds. The van der Waals surface area contributed by atoms with Gasteiger partial charge in [-0.15, -0.1) is 0 Å². The van der Waals surface area contributed by atoms with Crippen molar-refractivity contribution in [3.05, 3.63) is 41.7 Å². The molecule has 118 valence electrons. The van der Waals surface area contributed by atoms with Gasteiger partial charge in [-0.2, -0.15) is 9.35 Å². The van der Waals surface area contributed by atoms with Crippen LogP contribution in [0.4, 0.5) is 10.2 Å². The highest BCUT2D eigenvalue weighted by molar-refractivity contribution is 7.95. The van der Waals surface area contributed by atoms with Crippen molar-refractivity contribution in [2.45, 2.75) is 6.42 Å². The molecule has 0 N–H and O–H groups in total. The summed E-state index contributed by atoms with van der Waals surface area (Å²) in [5, 5.41) is 0.276. The molecule has 6 nitrogen and oxygen atoms in total. The molecule has 0 unspecified atom stereocenters. The number of fused-ring (bicyclic) bond motifs is 1. The van der Waals surface area contributed by atoms with E-state index in [4.69, 9.17) is 11.6 Å². The van der Waals surface area contributed by atoms with Gasteiger partial charge in [-0.25, -0.2) is 18.6 Å². The van der Waals surface area contributed by atoms with E-state index in [-0.39, 0.29) is 10.7 Å². The lowest BCUT2D eigenvalue weighted by molar-refractivity contribution is 0.635. The Labute approximate surface area is 136 Å². The number of aromatic nitrogens is 4. The Morgan fingerprint density at radius 2 is 2.13 bits per heavy atom. The molecule has 1 saturated heterocycles. The van der Waals surface area contributed by atoms with Crippen LogP contribution in [-0.4, -0.2) is 35.2 Å². The zero-order valence-corrected chi connectivity index (χ0v) is 13.4. The van der Waals surface area contributed by atoms with Gasteiger partial charge in [0.15, 0.2) is 17.3 Å². The second-order valence-corrected chi connectivity index (χ2v) is 8.09. The lowest BCUT2D eigenvalue weighted by Crippen LogP contribution is -2.23. The first-order valence-electron chi connectivity index (χ1n) is 6.93. The fourth-order valence-corrected chi connectivity index (χ4v) is 3.91. The fraction of sp³-hybridized carbons (Fsp3) is 0.214. The van der Waals surface area contributed by atoms with Gasteiger partial charge in [-0.1, -0.05) is 6.07 Å². The van der Waals surface area contributed by atoms with Crippen molar-refractivity contribution >= 4 is 38.2 Å². The van der Waals surface area contributed by atoms with Crippen molar-refractivity contribution in [1.29, 1.82) is 0 Å². The molecule has 23 heavy (non-hydrogen) atoms. The van der Waals surface area contributed by atoms with Crippen molar-refractivity contribution in [1.82, 2.24) is 19.5 Å². The molecular weight excluding hydrogens is 341 g/mol. The van der Waals surface area contributed by atoms with E-state index in [1.807, 2.05) is 0 Å². The molecule has 0 atom stereocenters. The SMILES string of the molecule is O=S1(=Nc2cccc(-n3cc(F)c4cnc(Cl)nc43)n2)CCC1. The standard InChI is InChI=1S/C14H11ClFN5OS/c15-14-17-7-9-10(16)8-21(13(9)19-14)12-4-1-3-11(18-12)20-23(22)5-2-6-23/h1,3-4,7-8H,2,5-6H2. The van der Waals surface area contributed by atoms with Gasteiger partial charge in [0, 0.05) is 23.9 Å². The van der Waals surface area contributed by atoms with E-state index in [0.717, 1.165) is 6.42 Å². The third-order valence-corrected chi connectivity index (χ3v) is 6.18. The molecule has 0 aromatic carbocycles. The lowest BCUT2D eigenvalue weighted by Gasteiger charge is -2.17. The molecule has 3 aromatic heterocycles. The minimum absolute atomic E-state index is 0.0233. The van der Waals surface area contributed by atoms with Crippen LogP contribution in [0.25, 0.3) is 16.9 Å². The number of nitrogens with zero attached hydrogens (tertiary/aromatic N) is 5. The van der Waals surface area contributed by atoms with Gasteiger partial charge in [0.2, 0.25) is 5.28 Å². The Kier molecular flexibility index (Phi) is 3.31. The van der Waals surface area contributed by atoms with Gasteiger partial charge in [0.05, 0.1) is 15.1 Å². The van der Waals surface area contributed by atoms with Crippen molar-refractivity contribution in [3.8, 4) is 5.82 Å². The first-order valence-corrected chi connectivity index (χ1v) is 9.16. The molecule has 1 fully saturated rings. The van der Waals surface area contributed by atoms with Crippen LogP contribution in [0, 0.1) is 5.82 Å². The Morgan fingerprint density at radius 3 is 2.87 bits per heavy atom. The zero-order chi connectivity index (χ0) is 16.0. The molecule has 3 aromatic rings. The average molecular weight is 352 g/mol. The lowest BCUT2D eigenvalue weighted by atomic mass is 10.4. The van der Waals surface area contributed by atoms with Gasteiger partial charge in [0.1, 0.15) is 5.82 Å². The predicted octanol–water partition coefficient (Wildman–Crippen LogP) is 3.11. The van der Waals surface area contributed by atoms with Gasteiger partial charge >= 0.3 is 0 Å². The summed E-state index contributed by atoms with van der Waals surface area (Å²) in [5.74, 6) is 1.53. The van der Waals surface area contributed by atoms with Crippen LogP contribution in [0.3, 0.4) is 0 Å². The van der Waals surface area contributed by atoms with E-state index in [2.05, 4.69) is 19.3 Å². The van der Waals surface area contributed by atoms with Crippen LogP contribution in [0.15, 0.2) is 35.0 Å². The van der Waals surface area contributed by atoms with E-state index in [9.17, 15) is 8.60 Å². The van der Waals surface area contributed by atoms with Crippen LogP contribution >= 0.6 is 11.6 Å². The van der Waals surface area contributed by atoms with Crippen molar-refractivity contribution < 1.29 is 8.60 Å². The first kappa shape index (κ1) is 14.5. The predicted molar refractivity (Wildman–Crippen MR) is 86.2 cm³/mol. The summed E-state index contributed by atoms with van der Waals surface area (Å²) < 4.78 is 31.9. The maximum atomic E-state index is 14.0. The molecule has 1 aliphatic heterocycles. The molecule has 0 bridgehead atoms. The largest absolute Gasteiger partial charge is 0.282 e. The van der Waals surface area contributed by atoms with Gasteiger partial charge in [-0.3, -0.25) is 4.57 Å². The van der Waals surface area contributed by atoms with Crippen molar-refractivity contribution in [2.24, 2.45) is 4.36 Å². The molecule has 4 heterocycles. The molecule has 0 saturated carbocycles. The second-order valence-electron chi connectivity index (χ2n) is 5.20. The van der Waals surface area contributed by atoms with E-state index in [1.54, 1.807) is 18.2 Å². The fourth-order valence-electron chi connectivity index (χ4n) is 2.37. The molecule has 1 aliphatic rings. The molecule has 4 rings (SSSR count). The number of rotatable bonds is 2. The van der Waals surface area contributed by atoms with E-state index in [0.29, 0.717) is 28.8 Å². The Morgan fingerprint density at radius 1 is 1.30 bits per heavy atom. The molecular formula is C14H11ClFN5OS. The summed E-state index contributed by atoms with van der Waals surface area (Å²) in [6.45, 7) is 0. The quantitative estimate of drug-likeness (QED) is 0.665. The molecule has 0 spiro atoms. The zero-order valence-electron chi connectivity index (χ0n) is 11.8. The monoisotopic (exact) mass is 351 g/mol. The second kappa shape index (κ2) is 5.24.